The van der Waals surface area contributed by atoms with Gasteiger partial charge in [0.15, 0.2) is 6.61 Å². The van der Waals surface area contributed by atoms with E-state index in [9.17, 15) is 14.9 Å². The van der Waals surface area contributed by atoms with Crippen LogP contribution in [0.1, 0.15) is 22.6 Å². The van der Waals surface area contributed by atoms with E-state index in [0.717, 1.165) is 28.5 Å². The van der Waals surface area contributed by atoms with Crippen molar-refractivity contribution in [1.82, 2.24) is 14.3 Å². The fourth-order valence-corrected chi connectivity index (χ4v) is 3.47. The maximum atomic E-state index is 12.4. The summed E-state index contributed by atoms with van der Waals surface area (Å²) < 4.78 is 13.8. The molecule has 0 fully saturated rings. The molecule has 0 atom stereocenters. The third kappa shape index (κ3) is 5.30. The molecule has 170 valence electrons. The van der Waals surface area contributed by atoms with Crippen LogP contribution in [-0.2, 0) is 21.4 Å². The lowest BCUT2D eigenvalue weighted by Gasteiger charge is -2.10. The number of nitrogens with one attached hydrogen (secondary N) is 1. The van der Waals surface area contributed by atoms with Crippen molar-refractivity contribution in [2.24, 2.45) is 7.05 Å². The minimum absolute atomic E-state index is 0.200. The van der Waals surface area contributed by atoms with Crippen molar-refractivity contribution in [3.05, 3.63) is 64.6 Å². The molecule has 9 heteroatoms. The second-order valence-electron chi connectivity index (χ2n) is 7.45. The first-order valence-corrected chi connectivity index (χ1v) is 10.2. The van der Waals surface area contributed by atoms with Crippen molar-refractivity contribution in [2.45, 2.75) is 20.8 Å². The third-order valence-electron chi connectivity index (χ3n) is 5.04. The van der Waals surface area contributed by atoms with Gasteiger partial charge >= 0.3 is 5.97 Å². The number of hydrogen-bond donors (Lipinski definition) is 1. The topological polar surface area (TPSA) is 111 Å². The fourth-order valence-electron chi connectivity index (χ4n) is 3.47. The lowest BCUT2D eigenvalue weighted by molar-refractivity contribution is -0.142. The van der Waals surface area contributed by atoms with Crippen LogP contribution in [0.15, 0.2) is 42.0 Å². The highest BCUT2D eigenvalue weighted by Crippen LogP contribution is 2.24. The van der Waals surface area contributed by atoms with Crippen LogP contribution in [0.3, 0.4) is 0 Å². The van der Waals surface area contributed by atoms with E-state index in [4.69, 9.17) is 9.47 Å². The van der Waals surface area contributed by atoms with Gasteiger partial charge in [-0.3, -0.25) is 9.48 Å². The maximum absolute atomic E-state index is 12.4. The summed E-state index contributed by atoms with van der Waals surface area (Å²) in [7, 11) is 3.30. The Balaban J connectivity index is 1.73. The zero-order valence-electron chi connectivity index (χ0n) is 19.2. The van der Waals surface area contributed by atoms with Gasteiger partial charge in [-0.15, -0.1) is 0 Å². The number of aromatic nitrogens is 3. The van der Waals surface area contributed by atoms with Gasteiger partial charge in [0.25, 0.3) is 5.91 Å². The highest BCUT2D eigenvalue weighted by atomic mass is 16.5. The number of anilines is 1. The predicted molar refractivity (Wildman–Crippen MR) is 123 cm³/mol. The van der Waals surface area contributed by atoms with Gasteiger partial charge in [0.1, 0.15) is 23.2 Å². The zero-order valence-corrected chi connectivity index (χ0v) is 19.2. The highest BCUT2D eigenvalue weighted by Gasteiger charge is 2.17. The van der Waals surface area contributed by atoms with Crippen LogP contribution in [0.2, 0.25) is 0 Å². The summed E-state index contributed by atoms with van der Waals surface area (Å²) in [5.74, 6) is -0.168. The lowest BCUT2D eigenvalue weighted by Crippen LogP contribution is -2.22. The molecule has 3 aromatic rings. The summed E-state index contributed by atoms with van der Waals surface area (Å²) in [6.07, 6.45) is 1.47. The number of carbonyl (C=O) groups excluding carboxylic acids is 2. The van der Waals surface area contributed by atoms with Crippen LogP contribution in [0, 0.1) is 32.1 Å². The number of aryl methyl sites for hydroxylation is 3. The molecule has 2 aromatic heterocycles. The Kier molecular flexibility index (Phi) is 6.98. The Morgan fingerprint density at radius 2 is 1.88 bits per heavy atom. The van der Waals surface area contributed by atoms with Crippen molar-refractivity contribution in [2.75, 3.05) is 19.0 Å². The molecule has 0 radical (unpaired) electrons. The van der Waals surface area contributed by atoms with Crippen LogP contribution >= 0.6 is 0 Å². The van der Waals surface area contributed by atoms with Gasteiger partial charge in [-0.25, -0.2) is 4.79 Å². The van der Waals surface area contributed by atoms with Crippen molar-refractivity contribution >= 4 is 23.8 Å². The molecule has 9 nitrogen and oxygen atoms in total. The molecule has 0 aliphatic rings. The molecule has 3 rings (SSSR count). The van der Waals surface area contributed by atoms with Gasteiger partial charge in [0, 0.05) is 30.2 Å². The number of nitriles is 1. The van der Waals surface area contributed by atoms with Crippen molar-refractivity contribution in [3.8, 4) is 17.5 Å². The summed E-state index contributed by atoms with van der Waals surface area (Å²) in [6, 6.07) is 13.0. The zero-order chi connectivity index (χ0) is 24.1. The van der Waals surface area contributed by atoms with Crippen molar-refractivity contribution in [1.29, 1.82) is 5.26 Å². The quantitative estimate of drug-likeness (QED) is 0.338. The standard InChI is InChI=1S/C24H25N5O4/c1-15-10-22(28(4)27-15)26-23(30)14-33-24(31)19(13-25)12-18-11-16(2)29(17(18)3)20-6-8-21(32-5)9-7-20/h6-12H,14H2,1-5H3,(H,26,30)/b19-12+. The number of nitrogens with zero attached hydrogens (tertiary/aromatic N) is 4. The minimum atomic E-state index is -0.872. The summed E-state index contributed by atoms with van der Waals surface area (Å²) in [5.41, 5.74) is 3.95. The van der Waals surface area contributed by atoms with E-state index >= 15 is 0 Å². The second-order valence-corrected chi connectivity index (χ2v) is 7.45. The van der Waals surface area contributed by atoms with Crippen molar-refractivity contribution in [3.63, 3.8) is 0 Å². The van der Waals surface area contributed by atoms with Crippen LogP contribution < -0.4 is 10.1 Å². The molecule has 1 amide bonds. The lowest BCUT2D eigenvalue weighted by atomic mass is 10.1. The summed E-state index contributed by atoms with van der Waals surface area (Å²) >= 11 is 0. The monoisotopic (exact) mass is 447 g/mol. The SMILES string of the molecule is COc1ccc(-n2c(C)cc(/C=C(\C#N)C(=O)OCC(=O)Nc3cc(C)nn3C)c2C)cc1. The van der Waals surface area contributed by atoms with Crippen LogP contribution in [0.5, 0.6) is 5.75 Å². The number of benzene rings is 1. The Bertz CT molecular complexity index is 1260. The molecule has 0 spiro atoms. The third-order valence-corrected chi connectivity index (χ3v) is 5.04. The van der Waals surface area contributed by atoms with E-state index in [0.29, 0.717) is 11.4 Å². The minimum Gasteiger partial charge on any atom is -0.497 e. The van der Waals surface area contributed by atoms with Gasteiger partial charge < -0.3 is 19.4 Å². The van der Waals surface area contributed by atoms with Gasteiger partial charge in [-0.05, 0) is 62.7 Å². The van der Waals surface area contributed by atoms with E-state index in [1.165, 1.54) is 10.8 Å². The molecular weight excluding hydrogens is 422 g/mol. The maximum Gasteiger partial charge on any atom is 0.349 e. The molecule has 0 aliphatic carbocycles. The van der Waals surface area contributed by atoms with Crippen molar-refractivity contribution < 1.29 is 19.1 Å². The van der Waals surface area contributed by atoms with Gasteiger partial charge in [0.05, 0.1) is 12.8 Å². The number of carbonyl (C=O) groups is 2. The Morgan fingerprint density at radius 3 is 2.45 bits per heavy atom. The molecule has 0 unspecified atom stereocenters. The number of amides is 1. The fraction of sp³-hybridized carbons (Fsp3) is 0.250. The molecule has 0 bridgehead atoms. The average Bonchev–Trinajstić information content (AvgIpc) is 3.26. The van der Waals surface area contributed by atoms with Crippen LogP contribution in [0.25, 0.3) is 11.8 Å². The molecule has 1 N–H and O–H groups in total. The van der Waals surface area contributed by atoms with Gasteiger partial charge in [0.2, 0.25) is 0 Å². The normalized spacial score (nSPS) is 11.1. The number of hydrogen-bond acceptors (Lipinski definition) is 6. The van der Waals surface area contributed by atoms with E-state index < -0.39 is 18.5 Å². The second kappa shape index (κ2) is 9.87. The Labute approximate surface area is 191 Å². The number of esters is 1. The number of rotatable bonds is 7. The smallest absolute Gasteiger partial charge is 0.349 e. The predicted octanol–water partition coefficient (Wildman–Crippen LogP) is 3.23. The molecular formula is C24H25N5O4. The molecule has 1 aromatic carbocycles. The largest absolute Gasteiger partial charge is 0.497 e. The molecule has 0 saturated heterocycles. The van der Waals surface area contributed by atoms with E-state index in [2.05, 4.69) is 10.4 Å². The molecule has 2 heterocycles. The van der Waals surface area contributed by atoms with Gasteiger partial charge in [-0.2, -0.15) is 10.4 Å². The number of ether oxygens (including phenoxy) is 2. The van der Waals surface area contributed by atoms with Gasteiger partial charge in [-0.1, -0.05) is 0 Å². The summed E-state index contributed by atoms with van der Waals surface area (Å²) in [4.78, 5) is 24.5. The first-order chi connectivity index (χ1) is 15.7. The summed E-state index contributed by atoms with van der Waals surface area (Å²) in [5, 5.41) is 16.2. The van der Waals surface area contributed by atoms with Crippen LogP contribution in [0.4, 0.5) is 5.82 Å². The number of methoxy groups -OCH3 is 1. The molecule has 33 heavy (non-hydrogen) atoms. The first kappa shape index (κ1) is 23.3. The van der Waals surface area contributed by atoms with E-state index in [1.54, 1.807) is 27.1 Å². The summed E-state index contributed by atoms with van der Waals surface area (Å²) in [6.45, 7) is 5.11. The van der Waals surface area contributed by atoms with E-state index in [-0.39, 0.29) is 5.57 Å². The van der Waals surface area contributed by atoms with Crippen LogP contribution in [-0.4, -0.2) is 39.9 Å². The Morgan fingerprint density at radius 1 is 1.18 bits per heavy atom. The molecule has 0 saturated carbocycles. The Hall–Kier alpha value is -4.32. The first-order valence-electron chi connectivity index (χ1n) is 10.2. The average molecular weight is 447 g/mol. The molecule has 0 aliphatic heterocycles. The highest BCUT2D eigenvalue weighted by molar-refractivity contribution is 6.00. The van der Waals surface area contributed by atoms with E-state index in [1.807, 2.05) is 54.8 Å².